The van der Waals surface area contributed by atoms with Crippen LogP contribution in [0.25, 0.3) is 6.08 Å². The fraction of sp³-hybridized carbons (Fsp3) is 0.500. The number of carbonyl (C=O) groups excluding carboxylic acids is 2. The molecule has 1 aromatic rings. The maximum absolute atomic E-state index is 12.6. The van der Waals surface area contributed by atoms with Crippen LogP contribution < -0.4 is 11.5 Å². The molecule has 8 nitrogen and oxygen atoms in total. The van der Waals surface area contributed by atoms with Crippen LogP contribution in [0, 0.1) is 13.8 Å². The molecule has 2 amide bonds. The van der Waals surface area contributed by atoms with E-state index in [1.54, 1.807) is 20.7 Å². The minimum Gasteiger partial charge on any atom is -0.593 e. The molecular formula is C20H28N4O4S. The number of nitrogens with two attached hydrogens (primary N) is 2. The van der Waals surface area contributed by atoms with E-state index in [-0.39, 0.29) is 5.91 Å². The third kappa shape index (κ3) is 4.65. The van der Waals surface area contributed by atoms with E-state index in [0.29, 0.717) is 44.6 Å². The van der Waals surface area contributed by atoms with E-state index in [2.05, 4.69) is 0 Å². The molecule has 0 aromatic heterocycles. The van der Waals surface area contributed by atoms with Gasteiger partial charge in [0.05, 0.1) is 23.0 Å². The van der Waals surface area contributed by atoms with E-state index in [9.17, 15) is 19.2 Å². The summed E-state index contributed by atoms with van der Waals surface area (Å²) in [7, 11) is 0. The molecule has 0 unspecified atom stereocenters. The van der Waals surface area contributed by atoms with Crippen molar-refractivity contribution >= 4 is 29.3 Å². The van der Waals surface area contributed by atoms with Gasteiger partial charge in [0, 0.05) is 31.7 Å². The van der Waals surface area contributed by atoms with Crippen molar-refractivity contribution in [2.24, 2.45) is 11.5 Å². The number of primary amides is 1. The van der Waals surface area contributed by atoms with E-state index in [1.807, 2.05) is 26.0 Å². The SMILES string of the molecule is Cc1cc(C(=O)N2CC(O)C2)cc(C)c1/C=C/[S@+]([O-])N1CCC(N)(C(N)=O)CC1. The molecule has 0 bridgehead atoms. The Bertz CT molecular complexity index is 807. The van der Waals surface area contributed by atoms with Crippen LogP contribution in [0.15, 0.2) is 17.5 Å². The highest BCUT2D eigenvalue weighted by molar-refractivity contribution is 7.92. The lowest BCUT2D eigenvalue weighted by Gasteiger charge is -2.36. The van der Waals surface area contributed by atoms with Crippen molar-refractivity contribution in [2.45, 2.75) is 38.3 Å². The van der Waals surface area contributed by atoms with Crippen molar-refractivity contribution < 1.29 is 19.2 Å². The molecule has 0 spiro atoms. The van der Waals surface area contributed by atoms with Gasteiger partial charge in [-0.05, 0) is 61.6 Å². The van der Waals surface area contributed by atoms with E-state index >= 15 is 0 Å². The molecule has 1 atom stereocenters. The Balaban J connectivity index is 1.66. The summed E-state index contributed by atoms with van der Waals surface area (Å²) in [5.74, 6) is -0.610. The summed E-state index contributed by atoms with van der Waals surface area (Å²) in [5, 5.41) is 11.0. The number of amides is 2. The maximum Gasteiger partial charge on any atom is 0.254 e. The quantitative estimate of drug-likeness (QED) is 0.575. The predicted octanol–water partition coefficient (Wildman–Crippen LogP) is 0.0331. The zero-order valence-corrected chi connectivity index (χ0v) is 17.6. The van der Waals surface area contributed by atoms with Gasteiger partial charge < -0.3 is 26.0 Å². The topological polar surface area (TPSA) is 136 Å². The summed E-state index contributed by atoms with van der Waals surface area (Å²) in [4.78, 5) is 25.5. The number of aliphatic hydroxyl groups excluding tert-OH is 1. The van der Waals surface area contributed by atoms with E-state index in [1.165, 1.54) is 0 Å². The monoisotopic (exact) mass is 420 g/mol. The van der Waals surface area contributed by atoms with Crippen LogP contribution in [-0.4, -0.2) is 68.5 Å². The summed E-state index contributed by atoms with van der Waals surface area (Å²) in [6.07, 6.45) is 2.13. The first-order chi connectivity index (χ1) is 13.6. The Labute approximate surface area is 173 Å². The summed E-state index contributed by atoms with van der Waals surface area (Å²) < 4.78 is 14.4. The Kier molecular flexibility index (Phi) is 6.35. The first-order valence-electron chi connectivity index (χ1n) is 9.62. The van der Waals surface area contributed by atoms with Crippen LogP contribution in [0.2, 0.25) is 0 Å². The number of aliphatic hydroxyl groups is 1. The molecule has 9 heteroatoms. The highest BCUT2D eigenvalue weighted by atomic mass is 32.2. The molecule has 1 aromatic carbocycles. The van der Waals surface area contributed by atoms with Gasteiger partial charge in [-0.2, -0.15) is 0 Å². The van der Waals surface area contributed by atoms with Crippen LogP contribution >= 0.6 is 0 Å². The highest BCUT2D eigenvalue weighted by Gasteiger charge is 2.39. The number of piperidine rings is 1. The van der Waals surface area contributed by atoms with Gasteiger partial charge in [-0.3, -0.25) is 9.59 Å². The van der Waals surface area contributed by atoms with E-state index < -0.39 is 28.9 Å². The summed E-state index contributed by atoms with van der Waals surface area (Å²) in [6, 6.07) is 3.64. The third-order valence-corrected chi connectivity index (χ3v) is 6.94. The van der Waals surface area contributed by atoms with Gasteiger partial charge >= 0.3 is 0 Å². The lowest BCUT2D eigenvalue weighted by molar-refractivity contribution is -0.124. The van der Waals surface area contributed by atoms with Gasteiger partial charge in [-0.1, -0.05) is 0 Å². The largest absolute Gasteiger partial charge is 0.593 e. The number of likely N-dealkylation sites (tertiary alicyclic amines) is 1. The van der Waals surface area contributed by atoms with Crippen LogP contribution in [0.3, 0.4) is 0 Å². The molecule has 3 rings (SSSR count). The Morgan fingerprint density at radius 3 is 2.28 bits per heavy atom. The van der Waals surface area contributed by atoms with Gasteiger partial charge in [0.1, 0.15) is 5.41 Å². The zero-order valence-electron chi connectivity index (χ0n) is 16.8. The van der Waals surface area contributed by atoms with Crippen LogP contribution in [0.5, 0.6) is 0 Å². The molecular weight excluding hydrogens is 392 g/mol. The number of nitrogens with zero attached hydrogens (tertiary/aromatic N) is 2. The maximum atomic E-state index is 12.6. The molecule has 5 N–H and O–H groups in total. The molecule has 2 aliphatic rings. The number of β-amino-alcohol motifs (C(OH)–C–C–N with tert-alkyl or cyclic N) is 1. The average molecular weight is 421 g/mol. The first kappa shape index (κ1) is 21.8. The Morgan fingerprint density at radius 2 is 1.79 bits per heavy atom. The fourth-order valence-corrected chi connectivity index (χ4v) is 4.66. The van der Waals surface area contributed by atoms with Gasteiger partial charge in [-0.25, -0.2) is 0 Å². The highest BCUT2D eigenvalue weighted by Crippen LogP contribution is 2.24. The molecule has 0 radical (unpaired) electrons. The van der Waals surface area contributed by atoms with E-state index in [4.69, 9.17) is 11.5 Å². The second-order valence-corrected chi connectivity index (χ2v) is 9.26. The molecule has 2 aliphatic heterocycles. The number of carbonyl (C=O) groups is 2. The molecule has 0 aliphatic carbocycles. The minimum atomic E-state index is -1.35. The predicted molar refractivity (Wildman–Crippen MR) is 112 cm³/mol. The number of aryl methyl sites for hydroxylation is 2. The van der Waals surface area contributed by atoms with Crippen LogP contribution in [-0.2, 0) is 16.2 Å². The summed E-state index contributed by atoms with van der Waals surface area (Å²) in [6.45, 7) is 5.43. The van der Waals surface area contributed by atoms with Gasteiger partial charge in [0.2, 0.25) is 5.91 Å². The van der Waals surface area contributed by atoms with Crippen molar-refractivity contribution in [3.8, 4) is 0 Å². The van der Waals surface area contributed by atoms with Gasteiger partial charge in [0.25, 0.3) is 5.91 Å². The van der Waals surface area contributed by atoms with E-state index in [0.717, 1.165) is 16.7 Å². The zero-order chi connectivity index (χ0) is 21.3. The van der Waals surface area contributed by atoms with Crippen molar-refractivity contribution in [3.63, 3.8) is 0 Å². The average Bonchev–Trinajstić information content (AvgIpc) is 2.64. The number of hydrogen-bond acceptors (Lipinski definition) is 6. The molecule has 29 heavy (non-hydrogen) atoms. The van der Waals surface area contributed by atoms with Crippen LogP contribution in [0.1, 0.15) is 39.9 Å². The van der Waals surface area contributed by atoms with Crippen molar-refractivity contribution in [1.82, 2.24) is 9.21 Å². The number of hydrogen-bond donors (Lipinski definition) is 3. The first-order valence-corrected chi connectivity index (χ1v) is 10.8. The summed E-state index contributed by atoms with van der Waals surface area (Å²) >= 11 is -1.35. The van der Waals surface area contributed by atoms with Crippen molar-refractivity contribution in [3.05, 3.63) is 39.8 Å². The molecule has 158 valence electrons. The van der Waals surface area contributed by atoms with Crippen molar-refractivity contribution in [1.29, 1.82) is 0 Å². The van der Waals surface area contributed by atoms with Crippen molar-refractivity contribution in [2.75, 3.05) is 26.2 Å². The Hall–Kier alpha value is -1.91. The number of benzene rings is 1. The fourth-order valence-electron chi connectivity index (χ4n) is 3.69. The standard InChI is InChI=1S/C20H28N4O4S/c1-13-9-15(18(26)23-11-16(25)12-23)10-14(2)17(13)3-8-29(28)24-6-4-20(22,5-7-24)19(21)27/h3,8-10,16,25H,4-7,11-12,22H2,1-2H3,(H2,21,27)/b8-3+/t29-/m0/s1. The summed E-state index contributed by atoms with van der Waals surface area (Å²) in [5.41, 5.74) is 13.7. The van der Waals surface area contributed by atoms with Gasteiger partial charge in [-0.15, -0.1) is 4.31 Å². The molecule has 0 saturated carbocycles. The van der Waals surface area contributed by atoms with Gasteiger partial charge in [0.15, 0.2) is 0 Å². The molecule has 2 saturated heterocycles. The third-order valence-electron chi connectivity index (χ3n) is 5.70. The normalized spacial score (nSPS) is 21.2. The lowest BCUT2D eigenvalue weighted by atomic mass is 9.89. The minimum absolute atomic E-state index is 0.0892. The number of rotatable bonds is 5. The molecule has 2 fully saturated rings. The smallest absolute Gasteiger partial charge is 0.254 e. The van der Waals surface area contributed by atoms with Crippen LogP contribution in [0.4, 0.5) is 0 Å². The molecule has 2 heterocycles. The second kappa shape index (κ2) is 8.45. The lowest BCUT2D eigenvalue weighted by Crippen LogP contribution is -2.58. The Morgan fingerprint density at radius 1 is 1.24 bits per heavy atom. The second-order valence-electron chi connectivity index (χ2n) is 7.92.